The lowest BCUT2D eigenvalue weighted by Crippen LogP contribution is -2.45. The molecule has 1 aliphatic carbocycles. The smallest absolute Gasteiger partial charge is 0.323 e. The number of piperidine rings is 1. The number of hydrogen-bond donors (Lipinski definition) is 1. The van der Waals surface area contributed by atoms with E-state index in [2.05, 4.69) is 17.3 Å². The number of ether oxygens (including phenoxy) is 1. The highest BCUT2D eigenvalue weighted by Crippen LogP contribution is 2.30. The second-order valence-electron chi connectivity index (χ2n) is 6.42. The van der Waals surface area contributed by atoms with Crippen LogP contribution in [-0.2, 0) is 18.2 Å². The molecule has 0 radical (unpaired) electrons. The van der Waals surface area contributed by atoms with Crippen LogP contribution in [0.15, 0.2) is 6.07 Å². The zero-order chi connectivity index (χ0) is 15.5. The first-order valence-corrected chi connectivity index (χ1v) is 8.36. The topological polar surface area (TPSA) is 59.4 Å². The van der Waals surface area contributed by atoms with Crippen molar-refractivity contribution in [1.29, 1.82) is 0 Å². The van der Waals surface area contributed by atoms with Gasteiger partial charge in [-0.1, -0.05) is 6.92 Å². The second kappa shape index (κ2) is 6.69. The largest absolute Gasteiger partial charge is 0.376 e. The molecule has 0 spiro atoms. The highest BCUT2D eigenvalue weighted by Gasteiger charge is 2.27. The third-order valence-corrected chi connectivity index (χ3v) is 4.46. The number of likely N-dealkylation sites (tertiary alicyclic amines) is 1. The summed E-state index contributed by atoms with van der Waals surface area (Å²) in [5.74, 6) is 1.52. The summed E-state index contributed by atoms with van der Waals surface area (Å²) in [5.41, 5.74) is 0.988. The molecule has 2 aliphatic rings. The molecule has 2 fully saturated rings. The average molecular weight is 306 g/mol. The lowest BCUT2D eigenvalue weighted by molar-refractivity contribution is 0.00596. The van der Waals surface area contributed by atoms with Crippen molar-refractivity contribution in [1.82, 2.24) is 14.7 Å². The standard InChI is InChI=1S/C16H26N4O2/c1-3-13-9-15(19(2)18-13)17-16(21)20-8-4-5-14(10-20)22-11-12-6-7-12/h9,12,14H,3-8,10-11H2,1-2H3,(H,17,21). The van der Waals surface area contributed by atoms with Crippen molar-refractivity contribution in [3.05, 3.63) is 11.8 Å². The van der Waals surface area contributed by atoms with Gasteiger partial charge in [-0.05, 0) is 38.0 Å². The number of aromatic nitrogens is 2. The van der Waals surface area contributed by atoms with Gasteiger partial charge in [0.05, 0.1) is 11.8 Å². The summed E-state index contributed by atoms with van der Waals surface area (Å²) in [6.07, 6.45) is 5.73. The van der Waals surface area contributed by atoms with Gasteiger partial charge in [-0.15, -0.1) is 0 Å². The van der Waals surface area contributed by atoms with E-state index in [1.54, 1.807) is 4.68 Å². The van der Waals surface area contributed by atoms with Crippen LogP contribution in [0.5, 0.6) is 0 Å². The molecule has 1 aliphatic heterocycles. The van der Waals surface area contributed by atoms with Crippen molar-refractivity contribution in [3.63, 3.8) is 0 Å². The molecule has 6 nitrogen and oxygen atoms in total. The average Bonchev–Trinajstić information content (AvgIpc) is 3.29. The van der Waals surface area contributed by atoms with E-state index in [1.165, 1.54) is 12.8 Å². The Morgan fingerprint density at radius 2 is 2.27 bits per heavy atom. The SMILES string of the molecule is CCc1cc(NC(=O)N2CCCC(OCC3CC3)C2)n(C)n1. The van der Waals surface area contributed by atoms with E-state index >= 15 is 0 Å². The molecule has 22 heavy (non-hydrogen) atoms. The predicted octanol–water partition coefficient (Wildman–Crippen LogP) is 2.41. The van der Waals surface area contributed by atoms with Crippen LogP contribution in [0, 0.1) is 5.92 Å². The van der Waals surface area contributed by atoms with Gasteiger partial charge in [0, 0.05) is 32.8 Å². The normalized spacial score (nSPS) is 21.9. The maximum absolute atomic E-state index is 12.4. The Morgan fingerprint density at radius 1 is 1.45 bits per heavy atom. The molecule has 2 heterocycles. The highest BCUT2D eigenvalue weighted by atomic mass is 16.5. The van der Waals surface area contributed by atoms with Crippen LogP contribution in [0.25, 0.3) is 0 Å². The molecule has 0 bridgehead atoms. The van der Waals surface area contributed by atoms with Gasteiger partial charge in [0.2, 0.25) is 0 Å². The first-order valence-electron chi connectivity index (χ1n) is 8.36. The maximum atomic E-state index is 12.4. The van der Waals surface area contributed by atoms with Gasteiger partial charge in [0.25, 0.3) is 0 Å². The van der Waals surface area contributed by atoms with Crippen LogP contribution >= 0.6 is 0 Å². The highest BCUT2D eigenvalue weighted by molar-refractivity contribution is 5.88. The monoisotopic (exact) mass is 306 g/mol. The van der Waals surface area contributed by atoms with Crippen LogP contribution in [-0.4, -0.2) is 46.5 Å². The third kappa shape index (κ3) is 3.80. The molecular weight excluding hydrogens is 280 g/mol. The molecule has 2 amide bonds. The fourth-order valence-electron chi connectivity index (χ4n) is 2.82. The van der Waals surface area contributed by atoms with Gasteiger partial charge in [0.15, 0.2) is 0 Å². The zero-order valence-electron chi connectivity index (χ0n) is 13.5. The molecule has 1 saturated heterocycles. The first kappa shape index (κ1) is 15.3. The summed E-state index contributed by atoms with van der Waals surface area (Å²) >= 11 is 0. The number of aryl methyl sites for hydroxylation is 2. The number of nitrogens with one attached hydrogen (secondary N) is 1. The minimum atomic E-state index is -0.0506. The van der Waals surface area contributed by atoms with E-state index in [4.69, 9.17) is 4.74 Å². The van der Waals surface area contributed by atoms with Crippen molar-refractivity contribution >= 4 is 11.8 Å². The van der Waals surface area contributed by atoms with Crippen LogP contribution in [0.4, 0.5) is 10.6 Å². The number of hydrogen-bond acceptors (Lipinski definition) is 3. The minimum Gasteiger partial charge on any atom is -0.376 e. The number of amides is 2. The molecule has 122 valence electrons. The molecule has 3 rings (SSSR count). The Labute approximate surface area is 131 Å². The first-order chi connectivity index (χ1) is 10.7. The van der Waals surface area contributed by atoms with Crippen molar-refractivity contribution in [2.24, 2.45) is 13.0 Å². The van der Waals surface area contributed by atoms with Gasteiger partial charge < -0.3 is 9.64 Å². The molecule has 1 unspecified atom stereocenters. The molecule has 1 aromatic heterocycles. The summed E-state index contributed by atoms with van der Waals surface area (Å²) in [4.78, 5) is 14.3. The van der Waals surface area contributed by atoms with Crippen molar-refractivity contribution in [2.75, 3.05) is 25.0 Å². The van der Waals surface area contributed by atoms with Crippen LogP contribution in [0.1, 0.15) is 38.3 Å². The van der Waals surface area contributed by atoms with Crippen molar-refractivity contribution in [3.8, 4) is 0 Å². The maximum Gasteiger partial charge on any atom is 0.323 e. The van der Waals surface area contributed by atoms with Gasteiger partial charge in [-0.25, -0.2) is 4.79 Å². The van der Waals surface area contributed by atoms with Crippen molar-refractivity contribution in [2.45, 2.75) is 45.1 Å². The van der Waals surface area contributed by atoms with Gasteiger partial charge in [-0.3, -0.25) is 10.00 Å². The number of rotatable bonds is 5. The van der Waals surface area contributed by atoms with Gasteiger partial charge in [0.1, 0.15) is 5.82 Å². The van der Waals surface area contributed by atoms with E-state index < -0.39 is 0 Å². The summed E-state index contributed by atoms with van der Waals surface area (Å²) in [6, 6.07) is 1.88. The second-order valence-corrected chi connectivity index (χ2v) is 6.42. The third-order valence-electron chi connectivity index (χ3n) is 4.46. The van der Waals surface area contributed by atoms with E-state index in [-0.39, 0.29) is 12.1 Å². The molecule has 1 saturated carbocycles. The summed E-state index contributed by atoms with van der Waals surface area (Å²) < 4.78 is 7.67. The van der Waals surface area contributed by atoms with Crippen LogP contribution in [0.2, 0.25) is 0 Å². The van der Waals surface area contributed by atoms with E-state index in [0.29, 0.717) is 6.54 Å². The Kier molecular flexibility index (Phi) is 4.66. The number of urea groups is 1. The fourth-order valence-corrected chi connectivity index (χ4v) is 2.82. The molecule has 1 atom stereocenters. The minimum absolute atomic E-state index is 0.0506. The Bertz CT molecular complexity index is 524. The van der Waals surface area contributed by atoms with Gasteiger partial charge >= 0.3 is 6.03 Å². The van der Waals surface area contributed by atoms with Crippen molar-refractivity contribution < 1.29 is 9.53 Å². The Balaban J connectivity index is 1.52. The molecule has 0 aromatic carbocycles. The fraction of sp³-hybridized carbons (Fsp3) is 0.750. The molecule has 1 N–H and O–H groups in total. The van der Waals surface area contributed by atoms with E-state index in [9.17, 15) is 4.79 Å². The number of carbonyl (C=O) groups is 1. The quantitative estimate of drug-likeness (QED) is 0.909. The molecular formula is C16H26N4O2. The lowest BCUT2D eigenvalue weighted by atomic mass is 10.1. The Hall–Kier alpha value is -1.56. The van der Waals surface area contributed by atoms with Gasteiger partial charge in [-0.2, -0.15) is 5.10 Å². The summed E-state index contributed by atoms with van der Waals surface area (Å²) in [6.45, 7) is 4.41. The lowest BCUT2D eigenvalue weighted by Gasteiger charge is -2.32. The van der Waals surface area contributed by atoms with Crippen LogP contribution in [0.3, 0.4) is 0 Å². The Morgan fingerprint density at radius 3 is 2.95 bits per heavy atom. The van der Waals surface area contributed by atoms with E-state index in [0.717, 1.165) is 49.8 Å². The molecule has 1 aromatic rings. The van der Waals surface area contributed by atoms with E-state index in [1.807, 2.05) is 18.0 Å². The number of carbonyl (C=O) groups excluding carboxylic acids is 1. The summed E-state index contributed by atoms with van der Waals surface area (Å²) in [7, 11) is 1.85. The number of nitrogens with zero attached hydrogens (tertiary/aromatic N) is 3. The molecule has 6 heteroatoms. The predicted molar refractivity (Wildman–Crippen MR) is 84.9 cm³/mol. The summed E-state index contributed by atoms with van der Waals surface area (Å²) in [5, 5.41) is 7.32. The number of anilines is 1. The zero-order valence-corrected chi connectivity index (χ0v) is 13.5. The van der Waals surface area contributed by atoms with Crippen LogP contribution < -0.4 is 5.32 Å².